The van der Waals surface area contributed by atoms with Gasteiger partial charge in [-0.2, -0.15) is 21.6 Å². The van der Waals surface area contributed by atoms with Gasteiger partial charge in [-0.15, -0.1) is 0 Å². The second kappa shape index (κ2) is 6.41. The Morgan fingerprint density at radius 2 is 1.95 bits per heavy atom. The first-order valence-corrected chi connectivity index (χ1v) is 7.33. The minimum absolute atomic E-state index is 0.195. The molecule has 0 saturated carbocycles. The fourth-order valence-corrected chi connectivity index (χ4v) is 2.75. The van der Waals surface area contributed by atoms with Gasteiger partial charge in [-0.3, -0.25) is 4.55 Å². The van der Waals surface area contributed by atoms with E-state index in [2.05, 4.69) is 4.74 Å². The third-order valence-electron chi connectivity index (χ3n) is 2.62. The Hall–Kier alpha value is -1.36. The van der Waals surface area contributed by atoms with Gasteiger partial charge in [0.2, 0.25) is 0 Å². The monoisotopic (exact) mass is 362 g/mol. The zero-order chi connectivity index (χ0) is 17.3. The van der Waals surface area contributed by atoms with E-state index in [0.29, 0.717) is 6.07 Å². The van der Waals surface area contributed by atoms with Gasteiger partial charge >= 0.3 is 12.1 Å². The van der Waals surface area contributed by atoms with Gasteiger partial charge in [0, 0.05) is 5.56 Å². The van der Waals surface area contributed by atoms with E-state index in [0.717, 1.165) is 6.92 Å². The number of benzene rings is 1. The average molecular weight is 363 g/mol. The molecule has 0 amide bonds. The van der Waals surface area contributed by atoms with Crippen molar-refractivity contribution < 1.29 is 40.8 Å². The maximum Gasteiger partial charge on any atom is 0.411 e. The summed E-state index contributed by atoms with van der Waals surface area (Å²) in [5, 5.41) is 8.49. The van der Waals surface area contributed by atoms with E-state index in [4.69, 9.17) is 21.3 Å². The van der Waals surface area contributed by atoms with Crippen LogP contribution in [0.4, 0.5) is 13.2 Å². The highest BCUT2D eigenvalue weighted by Crippen LogP contribution is 2.31. The lowest BCUT2D eigenvalue weighted by Gasteiger charge is -2.15. The number of ether oxygens (including phenoxy) is 1. The molecule has 0 aromatic heterocycles. The first kappa shape index (κ1) is 18.7. The van der Waals surface area contributed by atoms with E-state index in [-0.39, 0.29) is 11.1 Å². The van der Waals surface area contributed by atoms with Crippen molar-refractivity contribution >= 4 is 27.7 Å². The minimum atomic E-state index is -4.78. The number of carboxylic acids is 1. The molecule has 11 heteroatoms. The van der Waals surface area contributed by atoms with Crippen molar-refractivity contribution in [3.05, 3.63) is 27.8 Å². The molecule has 6 nitrogen and oxygen atoms in total. The van der Waals surface area contributed by atoms with E-state index >= 15 is 0 Å². The SMILES string of the molecule is Cc1c(S(=O)(=O)O)cc(C(=O)O)c(Cl)c1COCC(F)(F)F. The molecule has 0 heterocycles. The number of rotatable bonds is 5. The second-order valence-corrected chi connectivity index (χ2v) is 6.00. The predicted molar refractivity (Wildman–Crippen MR) is 68.7 cm³/mol. The van der Waals surface area contributed by atoms with Crippen LogP contribution in [0.1, 0.15) is 21.5 Å². The lowest BCUT2D eigenvalue weighted by atomic mass is 10.1. The number of hydrogen-bond acceptors (Lipinski definition) is 4. The molecule has 1 rings (SSSR count). The fraction of sp³-hybridized carbons (Fsp3) is 0.364. The van der Waals surface area contributed by atoms with Crippen molar-refractivity contribution in [2.75, 3.05) is 6.61 Å². The summed E-state index contributed by atoms with van der Waals surface area (Å²) >= 11 is 5.76. The number of alkyl halides is 3. The molecule has 1 aromatic carbocycles. The largest absolute Gasteiger partial charge is 0.478 e. The molecule has 0 fully saturated rings. The molecule has 0 aliphatic rings. The van der Waals surface area contributed by atoms with Crippen LogP contribution in [-0.4, -0.2) is 36.8 Å². The molecular formula is C11H10ClF3O6S. The first-order valence-electron chi connectivity index (χ1n) is 5.52. The van der Waals surface area contributed by atoms with Crippen LogP contribution in [0.5, 0.6) is 0 Å². The van der Waals surface area contributed by atoms with Crippen molar-refractivity contribution in [1.29, 1.82) is 0 Å². The normalized spacial score (nSPS) is 12.5. The Labute approximate surface area is 128 Å². The molecule has 0 atom stereocenters. The number of carboxylic acid groups (broad SMARTS) is 1. The van der Waals surface area contributed by atoms with Crippen LogP contribution in [0, 0.1) is 6.92 Å². The lowest BCUT2D eigenvalue weighted by molar-refractivity contribution is -0.176. The summed E-state index contributed by atoms with van der Waals surface area (Å²) in [6, 6.07) is 0.628. The van der Waals surface area contributed by atoms with E-state index < -0.39 is 51.0 Å². The third kappa shape index (κ3) is 4.57. The molecular weight excluding hydrogens is 353 g/mol. The van der Waals surface area contributed by atoms with E-state index in [1.54, 1.807) is 0 Å². The Kier molecular flexibility index (Phi) is 5.44. The highest BCUT2D eigenvalue weighted by atomic mass is 35.5. The molecule has 124 valence electrons. The summed E-state index contributed by atoms with van der Waals surface area (Å²) in [6.45, 7) is -1.23. The smallest absolute Gasteiger partial charge is 0.411 e. The van der Waals surface area contributed by atoms with Gasteiger partial charge in [-0.05, 0) is 18.6 Å². The molecule has 0 spiro atoms. The van der Waals surface area contributed by atoms with Crippen LogP contribution >= 0.6 is 11.6 Å². The summed E-state index contributed by atoms with van der Waals surface area (Å²) in [7, 11) is -4.78. The maximum atomic E-state index is 12.0. The number of aromatic carboxylic acids is 1. The highest BCUT2D eigenvalue weighted by Gasteiger charge is 2.29. The molecule has 0 radical (unpaired) electrons. The first-order chi connectivity index (χ1) is 9.84. The summed E-state index contributed by atoms with van der Waals surface area (Å²) in [5.74, 6) is -1.60. The topological polar surface area (TPSA) is 101 Å². The minimum Gasteiger partial charge on any atom is -0.478 e. The van der Waals surface area contributed by atoms with E-state index in [1.165, 1.54) is 0 Å². The number of hydrogen-bond donors (Lipinski definition) is 2. The zero-order valence-electron chi connectivity index (χ0n) is 10.9. The van der Waals surface area contributed by atoms with Crippen LogP contribution in [0.15, 0.2) is 11.0 Å². The fourth-order valence-electron chi connectivity index (χ4n) is 1.64. The highest BCUT2D eigenvalue weighted by molar-refractivity contribution is 7.85. The van der Waals surface area contributed by atoms with E-state index in [9.17, 15) is 26.4 Å². The van der Waals surface area contributed by atoms with Crippen LogP contribution < -0.4 is 0 Å². The molecule has 22 heavy (non-hydrogen) atoms. The predicted octanol–water partition coefficient (Wildman–Crippen LogP) is 2.67. The van der Waals surface area contributed by atoms with Gasteiger partial charge in [0.1, 0.15) is 6.61 Å². The molecule has 0 aliphatic carbocycles. The van der Waals surface area contributed by atoms with Crippen LogP contribution in [0.25, 0.3) is 0 Å². The summed E-state index contributed by atoms with van der Waals surface area (Å²) in [4.78, 5) is 10.3. The van der Waals surface area contributed by atoms with Gasteiger partial charge < -0.3 is 9.84 Å². The summed E-state index contributed by atoms with van der Waals surface area (Å²) in [5.41, 5.74) is -1.14. The van der Waals surface area contributed by atoms with Crippen LogP contribution in [0.2, 0.25) is 5.02 Å². The third-order valence-corrected chi connectivity index (χ3v) is 4.03. The van der Waals surface area contributed by atoms with Crippen molar-refractivity contribution in [3.63, 3.8) is 0 Å². The van der Waals surface area contributed by atoms with Gasteiger partial charge in [-0.25, -0.2) is 4.79 Å². The Morgan fingerprint density at radius 1 is 1.41 bits per heavy atom. The average Bonchev–Trinajstić information content (AvgIpc) is 2.29. The van der Waals surface area contributed by atoms with Crippen molar-refractivity contribution in [2.45, 2.75) is 24.6 Å². The molecule has 0 aliphatic heterocycles. The van der Waals surface area contributed by atoms with Crippen molar-refractivity contribution in [1.82, 2.24) is 0 Å². The van der Waals surface area contributed by atoms with Gasteiger partial charge in [-0.1, -0.05) is 11.6 Å². The van der Waals surface area contributed by atoms with Crippen molar-refractivity contribution in [3.8, 4) is 0 Å². The van der Waals surface area contributed by atoms with Crippen molar-refractivity contribution in [2.24, 2.45) is 0 Å². The standard InChI is InChI=1S/C11H10ClF3O6S/c1-5-7(3-21-4-11(13,14)15)9(12)6(10(16)17)2-8(5)22(18,19)20/h2H,3-4H2,1H3,(H,16,17)(H,18,19,20). The van der Waals surface area contributed by atoms with Crippen LogP contribution in [0.3, 0.4) is 0 Å². The Morgan fingerprint density at radius 3 is 2.36 bits per heavy atom. The molecule has 2 N–H and O–H groups in total. The maximum absolute atomic E-state index is 12.0. The van der Waals surface area contributed by atoms with Gasteiger partial charge in [0.05, 0.1) is 22.1 Å². The quantitative estimate of drug-likeness (QED) is 0.781. The van der Waals surface area contributed by atoms with Crippen LogP contribution in [-0.2, 0) is 21.5 Å². The van der Waals surface area contributed by atoms with Gasteiger partial charge in [0.25, 0.3) is 10.1 Å². The molecule has 1 aromatic rings. The Balaban J connectivity index is 3.36. The lowest BCUT2D eigenvalue weighted by Crippen LogP contribution is -2.18. The zero-order valence-corrected chi connectivity index (χ0v) is 12.5. The number of carbonyl (C=O) groups is 1. The summed E-state index contributed by atoms with van der Waals surface area (Å²) in [6.07, 6.45) is -4.61. The number of halogens is 4. The van der Waals surface area contributed by atoms with E-state index in [1.807, 2.05) is 0 Å². The Bertz CT molecular complexity index is 699. The van der Waals surface area contributed by atoms with Gasteiger partial charge in [0.15, 0.2) is 0 Å². The molecule has 0 saturated heterocycles. The second-order valence-electron chi connectivity index (χ2n) is 4.23. The summed E-state index contributed by atoms with van der Waals surface area (Å²) < 4.78 is 72.0. The molecule has 0 unspecified atom stereocenters. The molecule has 0 bridgehead atoms.